The first-order chi connectivity index (χ1) is 8.79. The molecule has 3 nitrogen and oxygen atoms in total. The second-order valence-corrected chi connectivity index (χ2v) is 5.57. The maximum atomic E-state index is 9.47. The Morgan fingerprint density at radius 1 is 1.17 bits per heavy atom. The van der Waals surface area contributed by atoms with Gasteiger partial charge < -0.3 is 10.0 Å². The molecule has 1 N–H and O–H groups in total. The smallest absolute Gasteiger partial charge is 0.0702 e. The summed E-state index contributed by atoms with van der Waals surface area (Å²) in [7, 11) is 2.27. The summed E-state index contributed by atoms with van der Waals surface area (Å²) in [4.78, 5) is 5.02. The van der Waals surface area contributed by atoms with Crippen LogP contribution < -0.4 is 4.90 Å². The summed E-state index contributed by atoms with van der Waals surface area (Å²) in [5.41, 5.74) is 2.28. The van der Waals surface area contributed by atoms with E-state index in [-0.39, 0.29) is 6.61 Å². The molecule has 0 saturated carbocycles. The molecule has 1 aromatic rings. The summed E-state index contributed by atoms with van der Waals surface area (Å²) in [6.07, 6.45) is 3.92. The average molecular weight is 246 g/mol. The molecule has 2 heterocycles. The van der Waals surface area contributed by atoms with Gasteiger partial charge in [-0.15, -0.1) is 0 Å². The quantitative estimate of drug-likeness (QED) is 0.862. The fraction of sp³-hybridized carbons (Fsp3) is 0.600. The van der Waals surface area contributed by atoms with E-state index in [4.69, 9.17) is 0 Å². The fourth-order valence-corrected chi connectivity index (χ4v) is 3.48. The van der Waals surface area contributed by atoms with E-state index in [1.165, 1.54) is 24.9 Å². The predicted octanol–water partition coefficient (Wildman–Crippen LogP) is 1.85. The number of rotatable bonds is 2. The third-order valence-corrected chi connectivity index (χ3v) is 4.65. The van der Waals surface area contributed by atoms with Crippen molar-refractivity contribution in [2.45, 2.75) is 38.0 Å². The van der Waals surface area contributed by atoms with Crippen LogP contribution in [0.1, 0.15) is 24.8 Å². The number of aliphatic hydroxyl groups is 1. The summed E-state index contributed by atoms with van der Waals surface area (Å²) < 4.78 is 0. The summed E-state index contributed by atoms with van der Waals surface area (Å²) >= 11 is 0. The molecule has 3 heteroatoms. The molecular weight excluding hydrogens is 224 g/mol. The van der Waals surface area contributed by atoms with Crippen molar-refractivity contribution < 1.29 is 5.11 Å². The van der Waals surface area contributed by atoms with Crippen molar-refractivity contribution >= 4 is 5.69 Å². The minimum absolute atomic E-state index is 0.136. The highest BCUT2D eigenvalue weighted by Crippen LogP contribution is 2.31. The predicted molar refractivity (Wildman–Crippen MR) is 73.8 cm³/mol. The number of hydrogen-bond acceptors (Lipinski definition) is 3. The van der Waals surface area contributed by atoms with Crippen molar-refractivity contribution in [3.8, 4) is 0 Å². The van der Waals surface area contributed by atoms with Gasteiger partial charge in [-0.25, -0.2) is 0 Å². The number of anilines is 1. The van der Waals surface area contributed by atoms with Gasteiger partial charge in [0.05, 0.1) is 6.61 Å². The maximum Gasteiger partial charge on any atom is 0.0702 e. The zero-order valence-corrected chi connectivity index (χ0v) is 11.0. The Kier molecular flexibility index (Phi) is 3.27. The van der Waals surface area contributed by atoms with E-state index in [0.717, 1.165) is 24.7 Å². The van der Waals surface area contributed by atoms with Crippen LogP contribution in [-0.2, 0) is 6.61 Å². The summed E-state index contributed by atoms with van der Waals surface area (Å²) in [5.74, 6) is 0. The first kappa shape index (κ1) is 12.0. The molecular formula is C15H22N2O. The van der Waals surface area contributed by atoms with Gasteiger partial charge in [0.15, 0.2) is 0 Å². The van der Waals surface area contributed by atoms with Crippen molar-refractivity contribution in [1.29, 1.82) is 0 Å². The third-order valence-electron chi connectivity index (χ3n) is 4.65. The standard InChI is InChI=1S/C15H22N2O/c1-16-13-6-7-14(16)10-17(9-8-13)15-5-3-2-4-12(15)11-18/h2-5,13-14,18H,6-11H2,1H3. The molecule has 0 radical (unpaired) electrons. The van der Waals surface area contributed by atoms with E-state index >= 15 is 0 Å². The summed E-state index contributed by atoms with van der Waals surface area (Å²) in [6.45, 7) is 2.35. The van der Waals surface area contributed by atoms with Crippen LogP contribution in [0.5, 0.6) is 0 Å². The molecule has 0 aromatic heterocycles. The van der Waals surface area contributed by atoms with Gasteiger partial charge in [-0.2, -0.15) is 0 Å². The SMILES string of the molecule is CN1C2CCC1CN(c1ccccc1CO)CC2. The van der Waals surface area contributed by atoms with Crippen molar-refractivity contribution in [2.24, 2.45) is 0 Å². The molecule has 2 atom stereocenters. The average Bonchev–Trinajstić information content (AvgIpc) is 2.63. The number of fused-ring (bicyclic) bond motifs is 2. The number of likely N-dealkylation sites (N-methyl/N-ethyl adjacent to an activating group) is 1. The maximum absolute atomic E-state index is 9.47. The van der Waals surface area contributed by atoms with Crippen LogP contribution in [-0.4, -0.2) is 42.2 Å². The lowest BCUT2D eigenvalue weighted by Crippen LogP contribution is -2.37. The molecule has 18 heavy (non-hydrogen) atoms. The van der Waals surface area contributed by atoms with E-state index in [9.17, 15) is 5.11 Å². The van der Waals surface area contributed by atoms with Gasteiger partial charge in [0.25, 0.3) is 0 Å². The van der Waals surface area contributed by atoms with Crippen LogP contribution in [0.25, 0.3) is 0 Å². The van der Waals surface area contributed by atoms with Crippen LogP contribution in [0, 0.1) is 0 Å². The van der Waals surface area contributed by atoms with Gasteiger partial charge in [-0.3, -0.25) is 4.90 Å². The van der Waals surface area contributed by atoms with E-state index in [1.807, 2.05) is 12.1 Å². The van der Waals surface area contributed by atoms with Gasteiger partial charge in [-0.05, 0) is 32.4 Å². The van der Waals surface area contributed by atoms with Gasteiger partial charge in [-0.1, -0.05) is 18.2 Å². The van der Waals surface area contributed by atoms with E-state index in [2.05, 4.69) is 29.0 Å². The Labute approximate surface area is 109 Å². The van der Waals surface area contributed by atoms with Crippen LogP contribution in [0.2, 0.25) is 0 Å². The molecule has 0 spiro atoms. The molecule has 2 bridgehead atoms. The zero-order chi connectivity index (χ0) is 12.5. The minimum atomic E-state index is 0.136. The van der Waals surface area contributed by atoms with Crippen molar-refractivity contribution in [3.63, 3.8) is 0 Å². The Hall–Kier alpha value is -1.06. The molecule has 2 aliphatic rings. The molecule has 2 saturated heterocycles. The highest BCUT2D eigenvalue weighted by molar-refractivity contribution is 5.53. The first-order valence-corrected chi connectivity index (χ1v) is 6.95. The van der Waals surface area contributed by atoms with Gasteiger partial charge in [0.1, 0.15) is 0 Å². The number of aliphatic hydroxyl groups excluding tert-OH is 1. The van der Waals surface area contributed by atoms with E-state index in [1.54, 1.807) is 0 Å². The normalized spacial score (nSPS) is 28.4. The lowest BCUT2D eigenvalue weighted by atomic mass is 10.1. The fourth-order valence-electron chi connectivity index (χ4n) is 3.48. The Morgan fingerprint density at radius 2 is 1.94 bits per heavy atom. The third kappa shape index (κ3) is 2.02. The molecule has 1 aromatic carbocycles. The van der Waals surface area contributed by atoms with E-state index in [0.29, 0.717) is 6.04 Å². The molecule has 2 aliphatic heterocycles. The van der Waals surface area contributed by atoms with Gasteiger partial charge >= 0.3 is 0 Å². The molecule has 98 valence electrons. The summed E-state index contributed by atoms with van der Waals surface area (Å²) in [6, 6.07) is 9.70. The van der Waals surface area contributed by atoms with Crippen molar-refractivity contribution in [3.05, 3.63) is 29.8 Å². The van der Waals surface area contributed by atoms with Crippen LogP contribution in [0.4, 0.5) is 5.69 Å². The second-order valence-electron chi connectivity index (χ2n) is 5.57. The van der Waals surface area contributed by atoms with Gasteiger partial charge in [0, 0.05) is 36.4 Å². The molecule has 0 amide bonds. The topological polar surface area (TPSA) is 26.7 Å². The minimum Gasteiger partial charge on any atom is -0.392 e. The Bertz CT molecular complexity index is 421. The van der Waals surface area contributed by atoms with Crippen molar-refractivity contribution in [2.75, 3.05) is 25.0 Å². The van der Waals surface area contributed by atoms with Crippen molar-refractivity contribution in [1.82, 2.24) is 4.90 Å². The lowest BCUT2D eigenvalue weighted by molar-refractivity contribution is 0.254. The monoisotopic (exact) mass is 246 g/mol. The highest BCUT2D eigenvalue weighted by atomic mass is 16.3. The number of benzene rings is 1. The Morgan fingerprint density at radius 3 is 2.78 bits per heavy atom. The first-order valence-electron chi connectivity index (χ1n) is 6.95. The number of para-hydroxylation sites is 1. The molecule has 2 unspecified atom stereocenters. The second kappa shape index (κ2) is 4.90. The lowest BCUT2D eigenvalue weighted by Gasteiger charge is -2.29. The number of hydrogen-bond donors (Lipinski definition) is 1. The molecule has 3 rings (SSSR count). The largest absolute Gasteiger partial charge is 0.392 e. The van der Waals surface area contributed by atoms with Crippen LogP contribution >= 0.6 is 0 Å². The van der Waals surface area contributed by atoms with E-state index < -0.39 is 0 Å². The van der Waals surface area contributed by atoms with Crippen LogP contribution in [0.3, 0.4) is 0 Å². The molecule has 2 fully saturated rings. The van der Waals surface area contributed by atoms with Crippen LogP contribution in [0.15, 0.2) is 24.3 Å². The number of nitrogens with zero attached hydrogens (tertiary/aromatic N) is 2. The zero-order valence-electron chi connectivity index (χ0n) is 11.0. The molecule has 0 aliphatic carbocycles. The Balaban J connectivity index is 1.84. The summed E-state index contributed by atoms with van der Waals surface area (Å²) in [5, 5.41) is 9.47. The highest BCUT2D eigenvalue weighted by Gasteiger charge is 2.34. The van der Waals surface area contributed by atoms with Gasteiger partial charge in [0.2, 0.25) is 0 Å².